The van der Waals surface area contributed by atoms with E-state index in [1.165, 1.54) is 16.8 Å². The summed E-state index contributed by atoms with van der Waals surface area (Å²) in [5.41, 5.74) is 1.39. The van der Waals surface area contributed by atoms with E-state index in [1.54, 1.807) is 31.4 Å². The summed E-state index contributed by atoms with van der Waals surface area (Å²) in [5.74, 6) is -1.24. The second-order valence-corrected chi connectivity index (χ2v) is 4.03. The van der Waals surface area contributed by atoms with E-state index in [9.17, 15) is 9.59 Å². The van der Waals surface area contributed by atoms with Crippen LogP contribution in [0.5, 0.6) is 0 Å². The quantitative estimate of drug-likeness (QED) is 0.859. The van der Waals surface area contributed by atoms with Crippen molar-refractivity contribution in [3.63, 3.8) is 0 Å². The topological polar surface area (TPSA) is 84.2 Å². The Morgan fingerprint density at radius 1 is 1.37 bits per heavy atom. The van der Waals surface area contributed by atoms with Crippen molar-refractivity contribution in [2.24, 2.45) is 7.05 Å². The third-order valence-corrected chi connectivity index (χ3v) is 2.68. The number of hydrogen-bond donors (Lipinski definition) is 2. The molecule has 6 nitrogen and oxygen atoms in total. The Balaban J connectivity index is 2.03. The van der Waals surface area contributed by atoms with E-state index in [4.69, 9.17) is 5.11 Å². The molecule has 0 bridgehead atoms. The van der Waals surface area contributed by atoms with Gasteiger partial charge in [-0.15, -0.1) is 0 Å². The molecule has 0 aliphatic heterocycles. The van der Waals surface area contributed by atoms with E-state index in [2.05, 4.69) is 10.4 Å². The summed E-state index contributed by atoms with van der Waals surface area (Å²) < 4.78 is 1.48. The van der Waals surface area contributed by atoms with E-state index in [0.29, 0.717) is 5.69 Å². The van der Waals surface area contributed by atoms with Crippen LogP contribution in [-0.2, 0) is 13.6 Å². The van der Waals surface area contributed by atoms with E-state index in [0.717, 1.165) is 5.56 Å². The molecule has 0 aliphatic rings. The van der Waals surface area contributed by atoms with Crippen LogP contribution in [-0.4, -0.2) is 26.8 Å². The summed E-state index contributed by atoms with van der Waals surface area (Å²) in [7, 11) is 1.68. The Hall–Kier alpha value is -2.63. The molecule has 0 saturated heterocycles. The molecule has 0 unspecified atom stereocenters. The van der Waals surface area contributed by atoms with Gasteiger partial charge in [-0.05, 0) is 23.8 Å². The van der Waals surface area contributed by atoms with Crippen molar-refractivity contribution in [3.05, 3.63) is 53.3 Å². The highest BCUT2D eigenvalue weighted by Gasteiger charge is 2.09. The number of carbonyl (C=O) groups excluding carboxylic acids is 1. The molecule has 0 fully saturated rings. The van der Waals surface area contributed by atoms with Crippen molar-refractivity contribution < 1.29 is 14.7 Å². The summed E-state index contributed by atoms with van der Waals surface area (Å²) in [6.07, 6.45) is 1.54. The van der Waals surface area contributed by atoms with Crippen molar-refractivity contribution in [3.8, 4) is 0 Å². The molecular formula is C13H13N3O3. The summed E-state index contributed by atoms with van der Waals surface area (Å²) >= 11 is 0. The van der Waals surface area contributed by atoms with Gasteiger partial charge in [-0.25, -0.2) is 4.79 Å². The van der Waals surface area contributed by atoms with Gasteiger partial charge >= 0.3 is 5.97 Å². The van der Waals surface area contributed by atoms with Gasteiger partial charge in [-0.2, -0.15) is 5.10 Å². The molecule has 1 aromatic carbocycles. The summed E-state index contributed by atoms with van der Waals surface area (Å²) in [4.78, 5) is 22.7. The molecule has 19 heavy (non-hydrogen) atoms. The third kappa shape index (κ3) is 2.98. The maximum absolute atomic E-state index is 11.8. The van der Waals surface area contributed by atoms with Crippen LogP contribution < -0.4 is 5.32 Å². The van der Waals surface area contributed by atoms with Gasteiger partial charge in [0.25, 0.3) is 5.91 Å². The first-order chi connectivity index (χ1) is 9.08. The minimum Gasteiger partial charge on any atom is -0.478 e. The minimum absolute atomic E-state index is 0.201. The fraction of sp³-hybridized carbons (Fsp3) is 0.154. The van der Waals surface area contributed by atoms with Gasteiger partial charge in [0, 0.05) is 19.8 Å². The van der Waals surface area contributed by atoms with Gasteiger partial charge in [-0.1, -0.05) is 12.1 Å². The van der Waals surface area contributed by atoms with E-state index in [1.807, 2.05) is 0 Å². The highest BCUT2D eigenvalue weighted by Crippen LogP contribution is 2.05. The second kappa shape index (κ2) is 5.34. The fourth-order valence-electron chi connectivity index (χ4n) is 1.68. The highest BCUT2D eigenvalue weighted by atomic mass is 16.4. The third-order valence-electron chi connectivity index (χ3n) is 2.68. The van der Waals surface area contributed by atoms with Gasteiger partial charge in [0.05, 0.1) is 5.56 Å². The van der Waals surface area contributed by atoms with Crippen LogP contribution in [0.4, 0.5) is 0 Å². The van der Waals surface area contributed by atoms with Crippen LogP contribution >= 0.6 is 0 Å². The van der Waals surface area contributed by atoms with E-state index in [-0.39, 0.29) is 18.0 Å². The van der Waals surface area contributed by atoms with Crippen LogP contribution in [0.2, 0.25) is 0 Å². The predicted octanol–water partition coefficient (Wildman–Crippen LogP) is 1.05. The van der Waals surface area contributed by atoms with Crippen LogP contribution in [0.25, 0.3) is 0 Å². The van der Waals surface area contributed by atoms with Crippen molar-refractivity contribution in [2.45, 2.75) is 6.54 Å². The molecule has 0 saturated carbocycles. The van der Waals surface area contributed by atoms with Gasteiger partial charge in [0.15, 0.2) is 0 Å². The SMILES string of the molecule is Cn1nccc1C(=O)NCc1cccc(C(=O)O)c1. The molecule has 0 radical (unpaired) electrons. The molecule has 0 aliphatic carbocycles. The number of carbonyl (C=O) groups is 2. The summed E-state index contributed by atoms with van der Waals surface area (Å²) in [5, 5.41) is 15.5. The van der Waals surface area contributed by atoms with Gasteiger partial charge in [0.2, 0.25) is 0 Å². The lowest BCUT2D eigenvalue weighted by molar-refractivity contribution is 0.0696. The predicted molar refractivity (Wildman–Crippen MR) is 67.8 cm³/mol. The lowest BCUT2D eigenvalue weighted by atomic mass is 10.1. The normalized spacial score (nSPS) is 10.2. The maximum atomic E-state index is 11.8. The molecule has 1 heterocycles. The zero-order chi connectivity index (χ0) is 13.8. The molecule has 1 aromatic heterocycles. The number of aromatic nitrogens is 2. The first-order valence-corrected chi connectivity index (χ1v) is 5.66. The van der Waals surface area contributed by atoms with Gasteiger partial charge in [-0.3, -0.25) is 9.48 Å². The number of nitrogens with zero attached hydrogens (tertiary/aromatic N) is 2. The standard InChI is InChI=1S/C13H13N3O3/c1-16-11(5-6-15-16)12(17)14-8-9-3-2-4-10(7-9)13(18)19/h2-7H,8H2,1H3,(H,14,17)(H,18,19). The zero-order valence-corrected chi connectivity index (χ0v) is 10.3. The molecule has 2 N–H and O–H groups in total. The number of carboxylic acid groups (broad SMARTS) is 1. The van der Waals surface area contributed by atoms with Crippen LogP contribution in [0.1, 0.15) is 26.4 Å². The van der Waals surface area contributed by atoms with Crippen LogP contribution in [0, 0.1) is 0 Å². The molecule has 98 valence electrons. The van der Waals surface area contributed by atoms with Crippen molar-refractivity contribution in [1.29, 1.82) is 0 Å². The molecule has 6 heteroatoms. The van der Waals surface area contributed by atoms with Crippen LogP contribution in [0.3, 0.4) is 0 Å². The Kier molecular flexibility index (Phi) is 3.61. The minimum atomic E-state index is -0.986. The number of amides is 1. The second-order valence-electron chi connectivity index (χ2n) is 4.03. The van der Waals surface area contributed by atoms with Crippen molar-refractivity contribution in [1.82, 2.24) is 15.1 Å². The monoisotopic (exact) mass is 259 g/mol. The maximum Gasteiger partial charge on any atom is 0.335 e. The Bertz CT molecular complexity index is 619. The number of hydrogen-bond acceptors (Lipinski definition) is 3. The van der Waals surface area contributed by atoms with Crippen molar-refractivity contribution in [2.75, 3.05) is 0 Å². The molecule has 0 atom stereocenters. The first-order valence-electron chi connectivity index (χ1n) is 5.66. The number of benzene rings is 1. The lowest BCUT2D eigenvalue weighted by Gasteiger charge is -2.06. The first kappa shape index (κ1) is 12.8. The number of nitrogens with one attached hydrogen (secondary N) is 1. The average molecular weight is 259 g/mol. The van der Waals surface area contributed by atoms with E-state index < -0.39 is 5.97 Å². The number of carboxylic acids is 1. The fourth-order valence-corrected chi connectivity index (χ4v) is 1.68. The van der Waals surface area contributed by atoms with Gasteiger partial charge in [0.1, 0.15) is 5.69 Å². The van der Waals surface area contributed by atoms with E-state index >= 15 is 0 Å². The Labute approximate surface area is 109 Å². The molecular weight excluding hydrogens is 246 g/mol. The smallest absolute Gasteiger partial charge is 0.335 e. The largest absolute Gasteiger partial charge is 0.478 e. The molecule has 2 aromatic rings. The van der Waals surface area contributed by atoms with Crippen molar-refractivity contribution >= 4 is 11.9 Å². The lowest BCUT2D eigenvalue weighted by Crippen LogP contribution is -2.25. The Morgan fingerprint density at radius 3 is 2.79 bits per heavy atom. The highest BCUT2D eigenvalue weighted by molar-refractivity contribution is 5.92. The average Bonchev–Trinajstić information content (AvgIpc) is 2.82. The molecule has 1 amide bonds. The molecule has 2 rings (SSSR count). The Morgan fingerprint density at radius 2 is 2.16 bits per heavy atom. The summed E-state index contributed by atoms with van der Waals surface area (Å²) in [6, 6.07) is 8.06. The zero-order valence-electron chi connectivity index (χ0n) is 10.3. The van der Waals surface area contributed by atoms with Crippen LogP contribution in [0.15, 0.2) is 36.5 Å². The molecule has 0 spiro atoms. The number of aryl methyl sites for hydroxylation is 1. The number of rotatable bonds is 4. The summed E-state index contributed by atoms with van der Waals surface area (Å²) in [6.45, 7) is 0.269. The number of aromatic carboxylic acids is 1. The van der Waals surface area contributed by atoms with Gasteiger partial charge < -0.3 is 10.4 Å².